The van der Waals surface area contributed by atoms with Gasteiger partial charge in [-0.2, -0.15) is 0 Å². The number of hydrogen-bond acceptors (Lipinski definition) is 4. The standard InChI is InChI=1S/C14H15BrN2O2S/c1-9(18)17-10-3-5-13(19-2)12(7-10)16-8-11-4-6-14(15)20-11/h3-7,16H,8H2,1-2H3,(H,17,18). The Labute approximate surface area is 130 Å². The molecule has 2 aromatic rings. The summed E-state index contributed by atoms with van der Waals surface area (Å²) in [7, 11) is 1.63. The monoisotopic (exact) mass is 354 g/mol. The van der Waals surface area contributed by atoms with Gasteiger partial charge in [0.05, 0.1) is 16.6 Å². The van der Waals surface area contributed by atoms with Crippen molar-refractivity contribution in [3.05, 3.63) is 39.0 Å². The summed E-state index contributed by atoms with van der Waals surface area (Å²) in [5, 5.41) is 6.08. The normalized spacial score (nSPS) is 10.2. The maximum Gasteiger partial charge on any atom is 0.221 e. The highest BCUT2D eigenvalue weighted by molar-refractivity contribution is 9.11. The summed E-state index contributed by atoms with van der Waals surface area (Å²) in [6.45, 7) is 2.19. The molecule has 0 fully saturated rings. The molecule has 0 atom stereocenters. The zero-order valence-electron chi connectivity index (χ0n) is 11.2. The maximum absolute atomic E-state index is 11.1. The summed E-state index contributed by atoms with van der Waals surface area (Å²) in [6, 6.07) is 9.59. The molecule has 106 valence electrons. The Hall–Kier alpha value is -1.53. The first-order valence-electron chi connectivity index (χ1n) is 6.02. The van der Waals surface area contributed by atoms with Gasteiger partial charge in [-0.15, -0.1) is 11.3 Å². The molecule has 1 heterocycles. The van der Waals surface area contributed by atoms with Crippen molar-refractivity contribution in [1.29, 1.82) is 0 Å². The molecule has 0 aliphatic heterocycles. The number of carbonyl (C=O) groups excluding carboxylic acids is 1. The van der Waals surface area contributed by atoms with Crippen molar-refractivity contribution in [1.82, 2.24) is 0 Å². The third-order valence-corrected chi connectivity index (χ3v) is 4.23. The van der Waals surface area contributed by atoms with Crippen LogP contribution in [0.2, 0.25) is 0 Å². The molecular formula is C14H15BrN2O2S. The van der Waals surface area contributed by atoms with E-state index in [-0.39, 0.29) is 5.91 Å². The average Bonchev–Trinajstić information content (AvgIpc) is 2.82. The minimum absolute atomic E-state index is 0.0942. The Balaban J connectivity index is 2.13. The number of carbonyl (C=O) groups is 1. The van der Waals surface area contributed by atoms with E-state index in [1.54, 1.807) is 18.4 Å². The van der Waals surface area contributed by atoms with E-state index in [2.05, 4.69) is 32.6 Å². The Morgan fingerprint density at radius 3 is 2.75 bits per heavy atom. The number of halogens is 1. The van der Waals surface area contributed by atoms with Crippen molar-refractivity contribution in [2.75, 3.05) is 17.7 Å². The molecule has 1 aromatic heterocycles. The lowest BCUT2D eigenvalue weighted by molar-refractivity contribution is -0.114. The first-order valence-corrected chi connectivity index (χ1v) is 7.63. The van der Waals surface area contributed by atoms with Crippen LogP contribution in [0.15, 0.2) is 34.1 Å². The third kappa shape index (κ3) is 3.98. The zero-order chi connectivity index (χ0) is 14.5. The molecule has 0 radical (unpaired) electrons. The molecule has 0 bridgehead atoms. The molecule has 0 aliphatic rings. The third-order valence-electron chi connectivity index (χ3n) is 2.60. The number of amides is 1. The van der Waals surface area contributed by atoms with Crippen LogP contribution < -0.4 is 15.4 Å². The van der Waals surface area contributed by atoms with Crippen LogP contribution in [0.5, 0.6) is 5.75 Å². The molecule has 2 N–H and O–H groups in total. The van der Waals surface area contributed by atoms with E-state index in [4.69, 9.17) is 4.74 Å². The second kappa shape index (κ2) is 6.76. The minimum atomic E-state index is -0.0942. The second-order valence-electron chi connectivity index (χ2n) is 4.16. The molecule has 1 aromatic carbocycles. The zero-order valence-corrected chi connectivity index (χ0v) is 13.6. The van der Waals surface area contributed by atoms with E-state index >= 15 is 0 Å². The number of thiophene rings is 1. The van der Waals surface area contributed by atoms with E-state index < -0.39 is 0 Å². The van der Waals surface area contributed by atoms with E-state index in [0.29, 0.717) is 6.54 Å². The number of ether oxygens (including phenoxy) is 1. The molecule has 6 heteroatoms. The van der Waals surface area contributed by atoms with E-state index in [0.717, 1.165) is 20.9 Å². The van der Waals surface area contributed by atoms with Crippen LogP contribution in [0.3, 0.4) is 0 Å². The minimum Gasteiger partial charge on any atom is -0.495 e. The molecule has 0 aliphatic carbocycles. The largest absolute Gasteiger partial charge is 0.495 e. The van der Waals surface area contributed by atoms with Crippen LogP contribution >= 0.6 is 27.3 Å². The van der Waals surface area contributed by atoms with E-state index in [1.807, 2.05) is 24.3 Å². The highest BCUT2D eigenvalue weighted by atomic mass is 79.9. The van der Waals surface area contributed by atoms with Gasteiger partial charge in [0, 0.05) is 24.0 Å². The number of hydrogen-bond donors (Lipinski definition) is 2. The van der Waals surface area contributed by atoms with Crippen molar-refractivity contribution in [3.63, 3.8) is 0 Å². The Morgan fingerprint density at radius 2 is 2.15 bits per heavy atom. The lowest BCUT2D eigenvalue weighted by atomic mass is 10.2. The number of nitrogens with one attached hydrogen (secondary N) is 2. The molecule has 2 rings (SSSR count). The highest BCUT2D eigenvalue weighted by Crippen LogP contribution is 2.29. The van der Waals surface area contributed by atoms with Crippen molar-refractivity contribution < 1.29 is 9.53 Å². The van der Waals surface area contributed by atoms with Gasteiger partial charge in [-0.3, -0.25) is 4.79 Å². The molecule has 0 unspecified atom stereocenters. The van der Waals surface area contributed by atoms with Gasteiger partial charge in [0.2, 0.25) is 5.91 Å². The maximum atomic E-state index is 11.1. The smallest absolute Gasteiger partial charge is 0.221 e. The van der Waals surface area contributed by atoms with Crippen molar-refractivity contribution >= 4 is 44.5 Å². The quantitative estimate of drug-likeness (QED) is 0.849. The molecule has 4 nitrogen and oxygen atoms in total. The lowest BCUT2D eigenvalue weighted by Crippen LogP contribution is -2.07. The Bertz CT molecular complexity index is 613. The lowest BCUT2D eigenvalue weighted by Gasteiger charge is -2.12. The van der Waals surface area contributed by atoms with Crippen LogP contribution in [-0.4, -0.2) is 13.0 Å². The van der Waals surface area contributed by atoms with Gasteiger partial charge in [-0.1, -0.05) is 0 Å². The summed E-state index contributed by atoms with van der Waals surface area (Å²) < 4.78 is 6.42. The molecule has 20 heavy (non-hydrogen) atoms. The predicted octanol–water partition coefficient (Wildman–Crippen LogP) is 4.09. The van der Waals surface area contributed by atoms with Gasteiger partial charge in [0.15, 0.2) is 0 Å². The summed E-state index contributed by atoms with van der Waals surface area (Å²) in [5.74, 6) is 0.651. The molecule has 1 amide bonds. The SMILES string of the molecule is COc1ccc(NC(C)=O)cc1NCc1ccc(Br)s1. The number of methoxy groups -OCH3 is 1. The number of rotatable bonds is 5. The highest BCUT2D eigenvalue weighted by Gasteiger charge is 2.06. The fraction of sp³-hybridized carbons (Fsp3) is 0.214. The fourth-order valence-corrected chi connectivity index (χ4v) is 3.18. The van der Waals surface area contributed by atoms with Crippen LogP contribution in [0.1, 0.15) is 11.8 Å². The van der Waals surface area contributed by atoms with Crippen molar-refractivity contribution in [2.24, 2.45) is 0 Å². The van der Waals surface area contributed by atoms with Gasteiger partial charge < -0.3 is 15.4 Å². The molecular weight excluding hydrogens is 340 g/mol. The van der Waals surface area contributed by atoms with Gasteiger partial charge >= 0.3 is 0 Å². The predicted molar refractivity (Wildman–Crippen MR) is 86.6 cm³/mol. The van der Waals surface area contributed by atoms with Crippen LogP contribution in [0.25, 0.3) is 0 Å². The van der Waals surface area contributed by atoms with Gasteiger partial charge in [0.25, 0.3) is 0 Å². The fourth-order valence-electron chi connectivity index (χ4n) is 1.76. The number of benzene rings is 1. The van der Waals surface area contributed by atoms with Gasteiger partial charge in [-0.05, 0) is 46.3 Å². The van der Waals surface area contributed by atoms with Crippen LogP contribution in [0.4, 0.5) is 11.4 Å². The van der Waals surface area contributed by atoms with E-state index in [1.165, 1.54) is 11.8 Å². The average molecular weight is 355 g/mol. The summed E-state index contributed by atoms with van der Waals surface area (Å²) in [4.78, 5) is 12.3. The van der Waals surface area contributed by atoms with Crippen LogP contribution in [0, 0.1) is 0 Å². The first kappa shape index (κ1) is 14.9. The van der Waals surface area contributed by atoms with Crippen molar-refractivity contribution in [3.8, 4) is 5.75 Å². The Kier molecular flexibility index (Phi) is 5.03. The number of anilines is 2. The van der Waals surface area contributed by atoms with Gasteiger partial charge in [0.1, 0.15) is 5.75 Å². The summed E-state index contributed by atoms with van der Waals surface area (Å²) >= 11 is 5.12. The van der Waals surface area contributed by atoms with Crippen molar-refractivity contribution in [2.45, 2.75) is 13.5 Å². The second-order valence-corrected chi connectivity index (χ2v) is 6.70. The topological polar surface area (TPSA) is 50.4 Å². The van der Waals surface area contributed by atoms with Crippen LogP contribution in [-0.2, 0) is 11.3 Å². The van der Waals surface area contributed by atoms with E-state index in [9.17, 15) is 4.79 Å². The molecule has 0 spiro atoms. The molecule has 0 saturated carbocycles. The van der Waals surface area contributed by atoms with Gasteiger partial charge in [-0.25, -0.2) is 0 Å². The summed E-state index contributed by atoms with van der Waals surface area (Å²) in [6.07, 6.45) is 0. The first-order chi connectivity index (χ1) is 9.58. The Morgan fingerprint density at radius 1 is 1.35 bits per heavy atom. The molecule has 0 saturated heterocycles. The summed E-state index contributed by atoms with van der Waals surface area (Å²) in [5.41, 5.74) is 1.59.